The summed E-state index contributed by atoms with van der Waals surface area (Å²) >= 11 is 0. The number of amides is 2. The standard InChI is InChI=1S/C30H23N3O3/c34-28-23-12-3-4-13-24(23)29(35)33(28)19-17-27-31-26-15-6-5-14-25(26)30(36)32(27)18-16-21-10-7-9-20-8-1-2-11-22(20)21/h1-15H,16-19H2. The van der Waals surface area contributed by atoms with Crippen LogP contribution in [-0.4, -0.2) is 32.8 Å². The minimum Gasteiger partial charge on any atom is -0.296 e. The van der Waals surface area contributed by atoms with E-state index in [0.29, 0.717) is 47.2 Å². The molecule has 1 aromatic heterocycles. The van der Waals surface area contributed by atoms with E-state index in [1.165, 1.54) is 4.90 Å². The molecular weight excluding hydrogens is 450 g/mol. The van der Waals surface area contributed by atoms with Crippen LogP contribution in [0.15, 0.2) is 95.8 Å². The Morgan fingerprint density at radius 1 is 0.611 bits per heavy atom. The first-order valence-electron chi connectivity index (χ1n) is 12.0. The molecule has 0 spiro atoms. The van der Waals surface area contributed by atoms with Crippen LogP contribution in [0.1, 0.15) is 32.1 Å². The first kappa shape index (κ1) is 21.9. The predicted octanol–water partition coefficient (Wildman–Crippen LogP) is 4.63. The number of para-hydroxylation sites is 1. The van der Waals surface area contributed by atoms with Gasteiger partial charge in [-0.3, -0.25) is 23.9 Å². The highest BCUT2D eigenvalue weighted by molar-refractivity contribution is 6.21. The molecule has 0 atom stereocenters. The van der Waals surface area contributed by atoms with Gasteiger partial charge in [0.1, 0.15) is 5.82 Å². The summed E-state index contributed by atoms with van der Waals surface area (Å²) in [5.74, 6) is -0.0439. The van der Waals surface area contributed by atoms with Crippen LogP contribution in [0, 0.1) is 0 Å². The number of carbonyl (C=O) groups excluding carboxylic acids is 2. The Balaban J connectivity index is 1.33. The Labute approximate surface area is 207 Å². The maximum atomic E-state index is 13.5. The van der Waals surface area contributed by atoms with E-state index in [1.807, 2.05) is 36.4 Å². The lowest BCUT2D eigenvalue weighted by Gasteiger charge is -2.17. The number of aromatic nitrogens is 2. The van der Waals surface area contributed by atoms with Crippen molar-refractivity contribution in [2.75, 3.05) is 6.54 Å². The molecule has 0 radical (unpaired) electrons. The Morgan fingerprint density at radius 2 is 1.25 bits per heavy atom. The molecule has 0 saturated carbocycles. The zero-order valence-corrected chi connectivity index (χ0v) is 19.6. The lowest BCUT2D eigenvalue weighted by atomic mass is 10.0. The van der Waals surface area contributed by atoms with Gasteiger partial charge in [0.05, 0.1) is 22.0 Å². The van der Waals surface area contributed by atoms with Gasteiger partial charge < -0.3 is 0 Å². The van der Waals surface area contributed by atoms with Crippen molar-refractivity contribution in [3.8, 4) is 0 Å². The molecule has 2 amide bonds. The summed E-state index contributed by atoms with van der Waals surface area (Å²) in [4.78, 5) is 45.2. The molecule has 0 fully saturated rings. The highest BCUT2D eigenvalue weighted by atomic mass is 16.2. The minimum absolute atomic E-state index is 0.113. The molecule has 5 aromatic rings. The van der Waals surface area contributed by atoms with Gasteiger partial charge in [-0.25, -0.2) is 4.98 Å². The predicted molar refractivity (Wildman–Crippen MR) is 139 cm³/mol. The molecule has 36 heavy (non-hydrogen) atoms. The zero-order chi connectivity index (χ0) is 24.6. The molecule has 0 N–H and O–H groups in total. The van der Waals surface area contributed by atoms with Crippen LogP contribution in [0.3, 0.4) is 0 Å². The molecule has 6 nitrogen and oxygen atoms in total. The number of carbonyl (C=O) groups is 2. The zero-order valence-electron chi connectivity index (χ0n) is 19.6. The second kappa shape index (κ2) is 8.89. The number of benzene rings is 4. The normalized spacial score (nSPS) is 13.1. The monoisotopic (exact) mass is 473 g/mol. The molecule has 6 heteroatoms. The lowest BCUT2D eigenvalue weighted by Crippen LogP contribution is -2.34. The fourth-order valence-electron chi connectivity index (χ4n) is 5.03. The fraction of sp³-hybridized carbons (Fsp3) is 0.133. The SMILES string of the molecule is O=C1c2ccccc2C(=O)N1CCc1nc2ccccc2c(=O)n1CCc1cccc2ccccc12. The van der Waals surface area contributed by atoms with Gasteiger partial charge in [0, 0.05) is 19.5 Å². The Morgan fingerprint density at radius 3 is 2.03 bits per heavy atom. The largest absolute Gasteiger partial charge is 0.296 e. The van der Waals surface area contributed by atoms with E-state index in [9.17, 15) is 14.4 Å². The van der Waals surface area contributed by atoms with Crippen molar-refractivity contribution in [3.63, 3.8) is 0 Å². The van der Waals surface area contributed by atoms with Gasteiger partial charge in [0.2, 0.25) is 0 Å². The highest BCUT2D eigenvalue weighted by Gasteiger charge is 2.34. The molecule has 0 unspecified atom stereocenters. The summed E-state index contributed by atoms with van der Waals surface area (Å²) in [5, 5.41) is 2.87. The van der Waals surface area contributed by atoms with Crippen LogP contribution in [0.4, 0.5) is 0 Å². The Bertz CT molecular complexity index is 1680. The third-order valence-electron chi connectivity index (χ3n) is 6.86. The van der Waals surface area contributed by atoms with Gasteiger partial charge in [-0.05, 0) is 47.0 Å². The molecule has 4 aromatic carbocycles. The summed E-state index contributed by atoms with van der Waals surface area (Å²) in [6.07, 6.45) is 0.947. The average Bonchev–Trinajstić information content (AvgIpc) is 3.16. The van der Waals surface area contributed by atoms with Crippen LogP contribution in [0.5, 0.6) is 0 Å². The Hall–Kier alpha value is -4.58. The van der Waals surface area contributed by atoms with Crippen LogP contribution in [-0.2, 0) is 19.4 Å². The molecule has 1 aliphatic rings. The first-order valence-corrected chi connectivity index (χ1v) is 12.0. The van der Waals surface area contributed by atoms with Crippen molar-refractivity contribution in [3.05, 3.63) is 124 Å². The average molecular weight is 474 g/mol. The van der Waals surface area contributed by atoms with Crippen molar-refractivity contribution in [2.45, 2.75) is 19.4 Å². The van der Waals surface area contributed by atoms with Gasteiger partial charge in [-0.2, -0.15) is 0 Å². The number of hydrogen-bond donors (Lipinski definition) is 0. The van der Waals surface area contributed by atoms with Gasteiger partial charge in [-0.1, -0.05) is 66.7 Å². The van der Waals surface area contributed by atoms with Crippen molar-refractivity contribution >= 4 is 33.5 Å². The lowest BCUT2D eigenvalue weighted by molar-refractivity contribution is 0.0655. The van der Waals surface area contributed by atoms with Gasteiger partial charge >= 0.3 is 0 Å². The molecule has 0 bridgehead atoms. The van der Waals surface area contributed by atoms with Crippen LogP contribution < -0.4 is 5.56 Å². The summed E-state index contributed by atoms with van der Waals surface area (Å²) in [7, 11) is 0. The van der Waals surface area contributed by atoms with E-state index in [0.717, 1.165) is 16.3 Å². The number of nitrogens with zero attached hydrogens (tertiary/aromatic N) is 3. The molecule has 176 valence electrons. The molecule has 6 rings (SSSR count). The van der Waals surface area contributed by atoms with Crippen molar-refractivity contribution in [2.24, 2.45) is 0 Å². The number of rotatable bonds is 6. The third kappa shape index (κ3) is 3.67. The molecule has 0 aliphatic carbocycles. The van der Waals surface area contributed by atoms with Crippen molar-refractivity contribution in [1.29, 1.82) is 0 Å². The van der Waals surface area contributed by atoms with Crippen LogP contribution >= 0.6 is 0 Å². The van der Waals surface area contributed by atoms with Crippen LogP contribution in [0.25, 0.3) is 21.7 Å². The molecule has 2 heterocycles. The van der Waals surface area contributed by atoms with E-state index >= 15 is 0 Å². The number of imide groups is 1. The van der Waals surface area contributed by atoms with Gasteiger partial charge in [-0.15, -0.1) is 0 Å². The van der Waals surface area contributed by atoms with Crippen molar-refractivity contribution in [1.82, 2.24) is 14.5 Å². The second-order valence-electron chi connectivity index (χ2n) is 8.95. The number of aryl methyl sites for hydroxylation is 1. The molecule has 0 saturated heterocycles. The van der Waals surface area contributed by atoms with E-state index in [-0.39, 0.29) is 23.9 Å². The maximum Gasteiger partial charge on any atom is 0.261 e. The van der Waals surface area contributed by atoms with E-state index in [1.54, 1.807) is 34.9 Å². The van der Waals surface area contributed by atoms with Gasteiger partial charge in [0.25, 0.3) is 17.4 Å². The third-order valence-corrected chi connectivity index (χ3v) is 6.86. The van der Waals surface area contributed by atoms with E-state index < -0.39 is 0 Å². The van der Waals surface area contributed by atoms with Crippen molar-refractivity contribution < 1.29 is 9.59 Å². The fourth-order valence-corrected chi connectivity index (χ4v) is 5.03. The molecule has 1 aliphatic heterocycles. The van der Waals surface area contributed by atoms with Gasteiger partial charge in [0.15, 0.2) is 0 Å². The molecular formula is C30H23N3O3. The van der Waals surface area contributed by atoms with Crippen LogP contribution in [0.2, 0.25) is 0 Å². The van der Waals surface area contributed by atoms with E-state index in [2.05, 4.69) is 24.3 Å². The quantitative estimate of drug-likeness (QED) is 0.337. The highest BCUT2D eigenvalue weighted by Crippen LogP contribution is 2.23. The van der Waals surface area contributed by atoms with E-state index in [4.69, 9.17) is 4.98 Å². The topological polar surface area (TPSA) is 72.3 Å². The number of hydrogen-bond acceptors (Lipinski definition) is 4. The Kier molecular flexibility index (Phi) is 5.41. The second-order valence-corrected chi connectivity index (χ2v) is 8.95. The first-order chi connectivity index (χ1) is 17.6. The minimum atomic E-state index is -0.305. The summed E-state index contributed by atoms with van der Waals surface area (Å²) in [6.45, 7) is 0.605. The summed E-state index contributed by atoms with van der Waals surface area (Å²) < 4.78 is 1.70. The summed E-state index contributed by atoms with van der Waals surface area (Å²) in [6, 6.07) is 28.5. The number of fused-ring (bicyclic) bond motifs is 3. The maximum absolute atomic E-state index is 13.5. The smallest absolute Gasteiger partial charge is 0.261 e. The summed E-state index contributed by atoms with van der Waals surface area (Å²) in [5.41, 5.74) is 2.49.